The number of piperidine rings is 1. The lowest BCUT2D eigenvalue weighted by molar-refractivity contribution is -0.151. The Balaban J connectivity index is 1.45. The molecule has 9 heteroatoms. The van der Waals surface area contributed by atoms with Crippen LogP contribution in [-0.2, 0) is 14.3 Å². The van der Waals surface area contributed by atoms with Gasteiger partial charge in [0.15, 0.2) is 6.10 Å². The molecule has 46 heavy (non-hydrogen) atoms. The van der Waals surface area contributed by atoms with Crippen LogP contribution < -0.4 is 0 Å². The summed E-state index contributed by atoms with van der Waals surface area (Å²) in [6, 6.07) is 6.33. The molecule has 2 N–H and O–H groups in total. The van der Waals surface area contributed by atoms with Crippen molar-refractivity contribution in [3.8, 4) is 0 Å². The minimum atomic E-state index is -1.44. The number of likely N-dealkylation sites (tertiary alicyclic amines) is 2. The summed E-state index contributed by atoms with van der Waals surface area (Å²) in [5, 5.41) is 22.1. The van der Waals surface area contributed by atoms with E-state index in [1.165, 1.54) is 25.7 Å². The van der Waals surface area contributed by atoms with Gasteiger partial charge >= 0.3 is 12.1 Å². The maximum atomic E-state index is 13.4. The lowest BCUT2D eigenvalue weighted by atomic mass is 9.88. The number of rotatable bonds is 6. The van der Waals surface area contributed by atoms with Gasteiger partial charge in [-0.2, -0.15) is 0 Å². The van der Waals surface area contributed by atoms with Gasteiger partial charge in [-0.05, 0) is 89.2 Å². The number of ether oxygens (including phenoxy) is 2. The van der Waals surface area contributed by atoms with E-state index in [1.807, 2.05) is 56.4 Å². The molecule has 2 saturated heterocycles. The number of nitrogens with zero attached hydrogens (tertiary/aromatic N) is 3. The third kappa shape index (κ3) is 10.5. The SMILES string of the molecule is C/C(=C\C=C\[C@H](C)c1ccccn1)[C@H]1OC(=O)C[C@@H](O)CC[C@](C)(O)[C@@H](OC(=O)N2CCC(N3CCCCCC3)CC2)/C=C/[C@@H]1C. The number of esters is 1. The molecular formula is C37H55N3O6. The zero-order chi connectivity index (χ0) is 33.1. The van der Waals surface area contributed by atoms with Gasteiger partial charge in [-0.3, -0.25) is 9.78 Å². The first kappa shape index (κ1) is 35.8. The number of aromatic nitrogens is 1. The molecule has 1 aromatic rings. The van der Waals surface area contributed by atoms with E-state index in [1.54, 1.807) is 24.1 Å². The molecule has 0 radical (unpaired) electrons. The van der Waals surface area contributed by atoms with Crippen molar-refractivity contribution in [2.45, 2.75) is 121 Å². The molecule has 1 aromatic heterocycles. The molecule has 0 aliphatic carbocycles. The quantitative estimate of drug-likeness (QED) is 0.224. The normalized spacial score (nSPS) is 31.3. The van der Waals surface area contributed by atoms with Crippen LogP contribution in [0.25, 0.3) is 0 Å². The Kier molecular flexibility index (Phi) is 13.4. The number of allylic oxidation sites excluding steroid dienone is 3. The Morgan fingerprint density at radius 2 is 1.83 bits per heavy atom. The Hall–Kier alpha value is -3.01. The highest BCUT2D eigenvalue weighted by Crippen LogP contribution is 2.28. The van der Waals surface area contributed by atoms with E-state index in [0.29, 0.717) is 19.1 Å². The van der Waals surface area contributed by atoms with Gasteiger partial charge in [0.25, 0.3) is 0 Å². The van der Waals surface area contributed by atoms with E-state index in [-0.39, 0.29) is 31.1 Å². The van der Waals surface area contributed by atoms with Crippen LogP contribution in [0.2, 0.25) is 0 Å². The van der Waals surface area contributed by atoms with Crippen molar-refractivity contribution < 1.29 is 29.3 Å². The topological polar surface area (TPSA) is 112 Å². The summed E-state index contributed by atoms with van der Waals surface area (Å²) >= 11 is 0. The average Bonchev–Trinajstić information content (AvgIpc) is 3.34. The predicted molar refractivity (Wildman–Crippen MR) is 179 cm³/mol. The first-order valence-corrected chi connectivity index (χ1v) is 17.3. The monoisotopic (exact) mass is 637 g/mol. The second kappa shape index (κ2) is 17.2. The number of pyridine rings is 1. The number of carbonyl (C=O) groups excluding carboxylic acids is 2. The number of hydrogen-bond donors (Lipinski definition) is 2. The minimum Gasteiger partial charge on any atom is -0.457 e. The molecule has 0 spiro atoms. The van der Waals surface area contributed by atoms with Crippen LogP contribution >= 0.6 is 0 Å². The number of hydrogen-bond acceptors (Lipinski definition) is 8. The van der Waals surface area contributed by atoms with Crippen LogP contribution in [0.5, 0.6) is 0 Å². The summed E-state index contributed by atoms with van der Waals surface area (Å²) in [6.45, 7) is 11.1. The van der Waals surface area contributed by atoms with E-state index in [4.69, 9.17) is 9.47 Å². The summed E-state index contributed by atoms with van der Waals surface area (Å²) in [4.78, 5) is 35.0. The van der Waals surface area contributed by atoms with Gasteiger partial charge in [0.1, 0.15) is 11.7 Å². The number of aliphatic hydroxyl groups is 2. The number of amides is 1. The largest absolute Gasteiger partial charge is 0.457 e. The number of carbonyl (C=O) groups is 2. The standard InChI is InChI=1S/C37H55N3O6/c1-27(32-14-7-8-21-38-32)12-11-13-28(2)35-29(3)15-16-33(37(4,44)20-17-31(41)26-34(42)46-35)45-36(43)40-24-18-30(19-25-40)39-22-9-5-6-10-23-39/h7-8,11-16,21,27,29-31,33,35,41,44H,5-6,9-10,17-20,22-26H2,1-4H3/b12-11+,16-15+,28-13+/t27-,29-,31-,33-,35+,37-/m0/s1. The van der Waals surface area contributed by atoms with Crippen molar-refractivity contribution in [3.05, 3.63) is 66.0 Å². The summed E-state index contributed by atoms with van der Waals surface area (Å²) in [6.07, 6.45) is 15.3. The minimum absolute atomic E-state index is 0.106. The molecule has 1 amide bonds. The van der Waals surface area contributed by atoms with Crippen molar-refractivity contribution in [1.29, 1.82) is 0 Å². The van der Waals surface area contributed by atoms with Gasteiger partial charge in [0.2, 0.25) is 0 Å². The maximum Gasteiger partial charge on any atom is 0.410 e. The van der Waals surface area contributed by atoms with Crippen LogP contribution in [0.4, 0.5) is 4.79 Å². The molecule has 6 atom stereocenters. The molecule has 0 bridgehead atoms. The van der Waals surface area contributed by atoms with Gasteiger partial charge in [0, 0.05) is 42.9 Å². The molecular weight excluding hydrogens is 582 g/mol. The summed E-state index contributed by atoms with van der Waals surface area (Å²) in [5.74, 6) is -0.683. The molecule has 254 valence electrons. The van der Waals surface area contributed by atoms with E-state index in [2.05, 4.69) is 16.8 Å². The molecule has 0 unspecified atom stereocenters. The second-order valence-electron chi connectivity index (χ2n) is 13.7. The van der Waals surface area contributed by atoms with Crippen LogP contribution in [0.15, 0.2) is 60.3 Å². The number of aliphatic hydroxyl groups excluding tert-OH is 1. The predicted octanol–water partition coefficient (Wildman–Crippen LogP) is 5.93. The molecule has 4 heterocycles. The first-order valence-electron chi connectivity index (χ1n) is 17.3. The Morgan fingerprint density at radius 3 is 2.50 bits per heavy atom. The molecule has 4 rings (SSSR count). The summed E-state index contributed by atoms with van der Waals surface area (Å²) in [7, 11) is 0. The lowest BCUT2D eigenvalue weighted by Crippen LogP contribution is -2.49. The smallest absolute Gasteiger partial charge is 0.410 e. The maximum absolute atomic E-state index is 13.4. The van der Waals surface area contributed by atoms with Crippen LogP contribution in [0, 0.1) is 5.92 Å². The fraction of sp³-hybridized carbons (Fsp3) is 0.649. The Bertz CT molecular complexity index is 1200. The van der Waals surface area contributed by atoms with Gasteiger partial charge in [-0.25, -0.2) is 4.79 Å². The van der Waals surface area contributed by atoms with E-state index < -0.39 is 36.0 Å². The summed E-state index contributed by atoms with van der Waals surface area (Å²) < 4.78 is 11.9. The van der Waals surface area contributed by atoms with Gasteiger partial charge in [-0.1, -0.05) is 57.1 Å². The Labute approximate surface area is 275 Å². The van der Waals surface area contributed by atoms with Crippen molar-refractivity contribution in [2.24, 2.45) is 5.92 Å². The third-order valence-corrected chi connectivity index (χ3v) is 9.79. The Morgan fingerprint density at radius 1 is 1.11 bits per heavy atom. The highest BCUT2D eigenvalue weighted by molar-refractivity contribution is 5.70. The average molecular weight is 638 g/mol. The molecule has 9 nitrogen and oxygen atoms in total. The van der Waals surface area contributed by atoms with Crippen LogP contribution in [-0.4, -0.2) is 93.2 Å². The summed E-state index contributed by atoms with van der Waals surface area (Å²) in [5.41, 5.74) is 0.349. The highest BCUT2D eigenvalue weighted by atomic mass is 16.6. The van der Waals surface area contributed by atoms with Crippen LogP contribution in [0.1, 0.15) is 97.1 Å². The molecule has 2 fully saturated rings. The van der Waals surface area contributed by atoms with E-state index >= 15 is 0 Å². The van der Waals surface area contributed by atoms with Gasteiger partial charge < -0.3 is 29.5 Å². The van der Waals surface area contributed by atoms with Crippen LogP contribution in [0.3, 0.4) is 0 Å². The molecule has 3 aliphatic rings. The van der Waals surface area contributed by atoms with Crippen molar-refractivity contribution in [2.75, 3.05) is 26.2 Å². The fourth-order valence-corrected chi connectivity index (χ4v) is 6.72. The van der Waals surface area contributed by atoms with Crippen molar-refractivity contribution in [1.82, 2.24) is 14.8 Å². The van der Waals surface area contributed by atoms with Gasteiger partial charge in [0.05, 0.1) is 12.5 Å². The molecule has 0 aromatic carbocycles. The van der Waals surface area contributed by atoms with Crippen molar-refractivity contribution in [3.63, 3.8) is 0 Å². The second-order valence-corrected chi connectivity index (χ2v) is 13.7. The number of cyclic esters (lactones) is 1. The van der Waals surface area contributed by atoms with Crippen molar-refractivity contribution >= 4 is 12.1 Å². The third-order valence-electron chi connectivity index (χ3n) is 9.79. The molecule has 3 aliphatic heterocycles. The fourth-order valence-electron chi connectivity index (χ4n) is 6.72. The molecule has 0 saturated carbocycles. The van der Waals surface area contributed by atoms with E-state index in [9.17, 15) is 19.8 Å². The first-order chi connectivity index (χ1) is 22.0. The van der Waals surface area contributed by atoms with Gasteiger partial charge in [-0.15, -0.1) is 0 Å². The zero-order valence-electron chi connectivity index (χ0n) is 28.2. The lowest BCUT2D eigenvalue weighted by Gasteiger charge is -2.39. The zero-order valence-corrected chi connectivity index (χ0v) is 28.2. The highest BCUT2D eigenvalue weighted by Gasteiger charge is 2.37. The van der Waals surface area contributed by atoms with E-state index in [0.717, 1.165) is 37.2 Å².